The zero-order chi connectivity index (χ0) is 18.6. The van der Waals surface area contributed by atoms with Crippen LogP contribution < -0.4 is 20.1 Å². The van der Waals surface area contributed by atoms with Crippen LogP contribution in [0.4, 0.5) is 5.82 Å². The molecule has 1 heterocycles. The highest BCUT2D eigenvalue weighted by atomic mass is 32.1. The SMILES string of the molecule is COc1ccc(C2(NC(=S)Nc3cc(C)ccn3)CCCC2)cc1OC. The number of nitrogens with one attached hydrogen (secondary N) is 2. The van der Waals surface area contributed by atoms with Crippen LogP contribution in [0.2, 0.25) is 0 Å². The fourth-order valence-electron chi connectivity index (χ4n) is 3.57. The number of aryl methyl sites for hydroxylation is 1. The van der Waals surface area contributed by atoms with E-state index in [0.717, 1.165) is 54.1 Å². The fraction of sp³-hybridized carbons (Fsp3) is 0.400. The number of aromatic nitrogens is 1. The summed E-state index contributed by atoms with van der Waals surface area (Å²) in [4.78, 5) is 4.32. The van der Waals surface area contributed by atoms with Gasteiger partial charge in [0.2, 0.25) is 0 Å². The van der Waals surface area contributed by atoms with E-state index in [2.05, 4.69) is 21.7 Å². The van der Waals surface area contributed by atoms with Crippen LogP contribution in [0.3, 0.4) is 0 Å². The summed E-state index contributed by atoms with van der Waals surface area (Å²) in [6.45, 7) is 2.03. The number of anilines is 1. The van der Waals surface area contributed by atoms with Crippen molar-refractivity contribution in [2.75, 3.05) is 19.5 Å². The number of methoxy groups -OCH3 is 2. The lowest BCUT2D eigenvalue weighted by molar-refractivity contribution is 0.350. The molecule has 1 aromatic heterocycles. The number of hydrogen-bond acceptors (Lipinski definition) is 4. The van der Waals surface area contributed by atoms with Crippen molar-refractivity contribution in [1.82, 2.24) is 10.3 Å². The van der Waals surface area contributed by atoms with Crippen LogP contribution in [-0.2, 0) is 5.54 Å². The van der Waals surface area contributed by atoms with Gasteiger partial charge in [-0.15, -0.1) is 0 Å². The van der Waals surface area contributed by atoms with E-state index in [9.17, 15) is 0 Å². The van der Waals surface area contributed by atoms with Crippen molar-refractivity contribution in [3.8, 4) is 11.5 Å². The Morgan fingerprint density at radius 3 is 2.46 bits per heavy atom. The Balaban J connectivity index is 1.83. The summed E-state index contributed by atoms with van der Waals surface area (Å²) < 4.78 is 10.9. The van der Waals surface area contributed by atoms with E-state index in [1.165, 1.54) is 0 Å². The summed E-state index contributed by atoms with van der Waals surface area (Å²) in [6.07, 6.45) is 6.14. The van der Waals surface area contributed by atoms with Gasteiger partial charge in [-0.1, -0.05) is 18.9 Å². The van der Waals surface area contributed by atoms with Gasteiger partial charge in [0.1, 0.15) is 5.82 Å². The van der Waals surface area contributed by atoms with Crippen molar-refractivity contribution in [1.29, 1.82) is 0 Å². The largest absolute Gasteiger partial charge is 0.493 e. The molecule has 0 unspecified atom stereocenters. The minimum Gasteiger partial charge on any atom is -0.493 e. The Hall–Kier alpha value is -2.34. The van der Waals surface area contributed by atoms with Gasteiger partial charge in [0, 0.05) is 6.20 Å². The highest BCUT2D eigenvalue weighted by molar-refractivity contribution is 7.80. The summed E-state index contributed by atoms with van der Waals surface area (Å²) in [7, 11) is 3.31. The van der Waals surface area contributed by atoms with Crippen molar-refractivity contribution in [3.63, 3.8) is 0 Å². The van der Waals surface area contributed by atoms with Crippen LogP contribution in [0.15, 0.2) is 36.5 Å². The standard InChI is InChI=1S/C20H25N3O2S/c1-14-8-11-21-18(12-14)22-19(26)23-20(9-4-5-10-20)15-6-7-16(24-2)17(13-15)25-3/h6-8,11-13H,4-5,9-10H2,1-3H3,(H2,21,22,23,26). The molecule has 2 N–H and O–H groups in total. The van der Waals surface area contributed by atoms with Gasteiger partial charge in [-0.25, -0.2) is 4.98 Å². The second-order valence-electron chi connectivity index (χ2n) is 6.66. The molecule has 6 heteroatoms. The van der Waals surface area contributed by atoms with Crippen molar-refractivity contribution in [3.05, 3.63) is 47.7 Å². The van der Waals surface area contributed by atoms with Crippen LogP contribution >= 0.6 is 12.2 Å². The third-order valence-corrected chi connectivity index (χ3v) is 5.11. The number of benzene rings is 1. The summed E-state index contributed by atoms with van der Waals surface area (Å²) in [5.74, 6) is 2.22. The smallest absolute Gasteiger partial charge is 0.172 e. The Morgan fingerprint density at radius 2 is 1.81 bits per heavy atom. The van der Waals surface area contributed by atoms with Crippen molar-refractivity contribution >= 4 is 23.1 Å². The molecule has 0 amide bonds. The van der Waals surface area contributed by atoms with Crippen LogP contribution in [0.25, 0.3) is 0 Å². The molecular weight excluding hydrogens is 346 g/mol. The average Bonchev–Trinajstić information content (AvgIpc) is 3.10. The third-order valence-electron chi connectivity index (χ3n) is 4.90. The Labute approximate surface area is 160 Å². The minimum atomic E-state index is -0.201. The van der Waals surface area contributed by atoms with Gasteiger partial charge in [-0.2, -0.15) is 0 Å². The molecule has 3 rings (SSSR count). The number of nitrogens with zero attached hydrogens (tertiary/aromatic N) is 1. The maximum Gasteiger partial charge on any atom is 0.172 e. The van der Waals surface area contributed by atoms with Crippen LogP contribution in [0.1, 0.15) is 36.8 Å². The molecule has 5 nitrogen and oxygen atoms in total. The van der Waals surface area contributed by atoms with E-state index in [1.54, 1.807) is 20.4 Å². The molecule has 0 spiro atoms. The number of thiocarbonyl (C=S) groups is 1. The zero-order valence-electron chi connectivity index (χ0n) is 15.5. The molecule has 1 aliphatic carbocycles. The Kier molecular flexibility index (Phi) is 5.61. The van der Waals surface area contributed by atoms with Gasteiger partial charge in [0.25, 0.3) is 0 Å². The normalized spacial score (nSPS) is 15.3. The molecule has 0 bridgehead atoms. The quantitative estimate of drug-likeness (QED) is 0.770. The molecule has 138 valence electrons. The van der Waals surface area contributed by atoms with E-state index in [0.29, 0.717) is 5.11 Å². The summed E-state index contributed by atoms with van der Waals surface area (Å²) in [5, 5.41) is 7.34. The monoisotopic (exact) mass is 371 g/mol. The summed E-state index contributed by atoms with van der Waals surface area (Å²) in [6, 6.07) is 10.0. The van der Waals surface area contributed by atoms with Gasteiger partial charge in [0.05, 0.1) is 19.8 Å². The van der Waals surface area contributed by atoms with E-state index in [1.807, 2.05) is 31.2 Å². The molecule has 26 heavy (non-hydrogen) atoms. The Morgan fingerprint density at radius 1 is 1.08 bits per heavy atom. The predicted molar refractivity (Wildman–Crippen MR) is 108 cm³/mol. The zero-order valence-corrected chi connectivity index (χ0v) is 16.3. The third kappa shape index (κ3) is 3.90. The van der Waals surface area contributed by atoms with Gasteiger partial charge in [0.15, 0.2) is 16.6 Å². The van der Waals surface area contributed by atoms with Gasteiger partial charge in [-0.3, -0.25) is 0 Å². The van der Waals surface area contributed by atoms with Gasteiger partial charge >= 0.3 is 0 Å². The molecule has 0 saturated heterocycles. The van der Waals surface area contributed by atoms with Crippen molar-refractivity contribution in [2.45, 2.75) is 38.1 Å². The van der Waals surface area contributed by atoms with E-state index < -0.39 is 0 Å². The maximum atomic E-state index is 5.58. The number of pyridine rings is 1. The fourth-order valence-corrected chi connectivity index (χ4v) is 3.87. The molecular formula is C20H25N3O2S. The lowest BCUT2D eigenvalue weighted by atomic mass is 9.88. The summed E-state index contributed by atoms with van der Waals surface area (Å²) >= 11 is 5.58. The molecule has 0 atom stereocenters. The molecule has 2 aromatic rings. The van der Waals surface area contributed by atoms with Crippen molar-refractivity contribution in [2.24, 2.45) is 0 Å². The highest BCUT2D eigenvalue weighted by Gasteiger charge is 2.37. The first kappa shape index (κ1) is 18.5. The van der Waals surface area contributed by atoms with Gasteiger partial charge in [-0.05, 0) is 67.4 Å². The van der Waals surface area contributed by atoms with Gasteiger partial charge < -0.3 is 20.1 Å². The van der Waals surface area contributed by atoms with E-state index >= 15 is 0 Å². The van der Waals surface area contributed by atoms with Crippen LogP contribution in [0.5, 0.6) is 11.5 Å². The topological polar surface area (TPSA) is 55.4 Å². The highest BCUT2D eigenvalue weighted by Crippen LogP contribution is 2.41. The first-order chi connectivity index (χ1) is 12.6. The number of rotatable bonds is 5. The number of hydrogen-bond donors (Lipinski definition) is 2. The molecule has 1 saturated carbocycles. The lowest BCUT2D eigenvalue weighted by Crippen LogP contribution is -2.45. The molecule has 0 aliphatic heterocycles. The van der Waals surface area contributed by atoms with Crippen LogP contribution in [-0.4, -0.2) is 24.3 Å². The Bertz CT molecular complexity index is 788. The summed E-state index contributed by atoms with van der Waals surface area (Å²) in [5.41, 5.74) is 2.10. The molecule has 1 aromatic carbocycles. The molecule has 1 fully saturated rings. The molecule has 1 aliphatic rings. The second kappa shape index (κ2) is 7.91. The molecule has 0 radical (unpaired) electrons. The first-order valence-corrected chi connectivity index (χ1v) is 9.21. The van der Waals surface area contributed by atoms with E-state index in [-0.39, 0.29) is 5.54 Å². The first-order valence-electron chi connectivity index (χ1n) is 8.81. The average molecular weight is 372 g/mol. The van der Waals surface area contributed by atoms with Crippen molar-refractivity contribution < 1.29 is 9.47 Å². The maximum absolute atomic E-state index is 5.58. The minimum absolute atomic E-state index is 0.201. The van der Waals surface area contributed by atoms with E-state index in [4.69, 9.17) is 21.7 Å². The number of ether oxygens (including phenoxy) is 2. The lowest BCUT2D eigenvalue weighted by Gasteiger charge is -2.33. The van der Waals surface area contributed by atoms with Crippen LogP contribution in [0, 0.1) is 6.92 Å². The predicted octanol–water partition coefficient (Wildman–Crippen LogP) is 4.16. The second-order valence-corrected chi connectivity index (χ2v) is 7.06.